The number of pyridine rings is 2. The van der Waals surface area contributed by atoms with Crippen molar-refractivity contribution in [3.05, 3.63) is 60.2 Å². The Hall–Kier alpha value is -4.51. The van der Waals surface area contributed by atoms with E-state index >= 15 is 0 Å². The van der Waals surface area contributed by atoms with Crippen molar-refractivity contribution >= 4 is 29.8 Å². The molecule has 0 aromatic carbocycles. The monoisotopic (exact) mass is 645 g/mol. The SMILES string of the molecule is CCOC(=O)CN(CCN(CCN(CC(=O)O)CC(=O)NCCN(Cc1ccccn1)Cc1ccccn1)CC(=O)O)CC(=O)O. The average Bonchev–Trinajstić information content (AvgIpc) is 2.98. The number of hydrogen-bond acceptors (Lipinski definition) is 12. The maximum Gasteiger partial charge on any atom is 0.320 e. The van der Waals surface area contributed by atoms with Crippen molar-refractivity contribution in [2.24, 2.45) is 0 Å². The minimum Gasteiger partial charge on any atom is -0.480 e. The third kappa shape index (κ3) is 17.1. The van der Waals surface area contributed by atoms with Gasteiger partial charge in [0, 0.05) is 64.8 Å². The lowest BCUT2D eigenvalue weighted by molar-refractivity contribution is -0.146. The van der Waals surface area contributed by atoms with E-state index in [9.17, 15) is 39.3 Å². The zero-order valence-electron chi connectivity index (χ0n) is 26.0. The minimum atomic E-state index is -1.16. The van der Waals surface area contributed by atoms with E-state index in [1.807, 2.05) is 36.4 Å². The summed E-state index contributed by atoms with van der Waals surface area (Å²) in [5.74, 6) is -4.47. The third-order valence-electron chi connectivity index (χ3n) is 6.54. The number of amides is 1. The van der Waals surface area contributed by atoms with E-state index in [-0.39, 0.29) is 52.4 Å². The number of hydrogen-bond donors (Lipinski definition) is 4. The number of nitrogens with zero attached hydrogens (tertiary/aromatic N) is 6. The van der Waals surface area contributed by atoms with Crippen LogP contribution >= 0.6 is 0 Å². The van der Waals surface area contributed by atoms with Crippen LogP contribution in [0.1, 0.15) is 18.3 Å². The first-order chi connectivity index (χ1) is 22.0. The quantitative estimate of drug-likeness (QED) is 0.104. The van der Waals surface area contributed by atoms with Gasteiger partial charge in [0.05, 0.1) is 50.7 Å². The number of carbonyl (C=O) groups excluding carboxylic acids is 2. The molecule has 16 heteroatoms. The van der Waals surface area contributed by atoms with Crippen LogP contribution in [0.25, 0.3) is 0 Å². The standard InChI is InChI=1S/C30H43N7O9/c1-2-46-30(45)23-37(22-29(43)44)16-14-34(20-27(39)40)13-15-36(21-28(41)42)19-26(38)33-11-12-35(17-24-7-3-5-9-31-24)18-25-8-4-6-10-32-25/h3-10H,2,11-23H2,1H3,(H,33,38)(H,39,40)(H,41,42)(H,43,44). The molecule has 0 radical (unpaired) electrons. The highest BCUT2D eigenvalue weighted by molar-refractivity contribution is 5.79. The molecule has 4 N–H and O–H groups in total. The highest BCUT2D eigenvalue weighted by Gasteiger charge is 2.20. The van der Waals surface area contributed by atoms with Gasteiger partial charge in [-0.05, 0) is 31.2 Å². The molecule has 0 saturated heterocycles. The number of rotatable bonds is 24. The third-order valence-corrected chi connectivity index (χ3v) is 6.54. The van der Waals surface area contributed by atoms with Gasteiger partial charge in [-0.3, -0.25) is 53.5 Å². The molecule has 2 aromatic rings. The number of aromatic nitrogens is 2. The molecule has 2 heterocycles. The van der Waals surface area contributed by atoms with E-state index in [0.717, 1.165) is 11.4 Å². The number of ether oxygens (including phenoxy) is 1. The van der Waals surface area contributed by atoms with E-state index in [1.54, 1.807) is 19.3 Å². The highest BCUT2D eigenvalue weighted by atomic mass is 16.5. The van der Waals surface area contributed by atoms with Gasteiger partial charge in [0.25, 0.3) is 0 Å². The second-order valence-corrected chi connectivity index (χ2v) is 10.4. The second kappa shape index (κ2) is 21.3. The lowest BCUT2D eigenvalue weighted by atomic mass is 10.3. The molecule has 0 unspecified atom stereocenters. The summed E-state index contributed by atoms with van der Waals surface area (Å²) < 4.78 is 4.88. The minimum absolute atomic E-state index is 0.0469. The molecule has 0 spiro atoms. The van der Waals surface area contributed by atoms with E-state index in [2.05, 4.69) is 20.2 Å². The van der Waals surface area contributed by atoms with Gasteiger partial charge in [-0.2, -0.15) is 0 Å². The summed E-state index contributed by atoms with van der Waals surface area (Å²) in [4.78, 5) is 74.0. The van der Waals surface area contributed by atoms with Crippen LogP contribution in [0.2, 0.25) is 0 Å². The lowest BCUT2D eigenvalue weighted by Gasteiger charge is -2.28. The van der Waals surface area contributed by atoms with Crippen LogP contribution < -0.4 is 5.32 Å². The van der Waals surface area contributed by atoms with Crippen LogP contribution in [0, 0.1) is 0 Å². The Morgan fingerprint density at radius 2 is 1.13 bits per heavy atom. The number of esters is 1. The first-order valence-electron chi connectivity index (χ1n) is 14.8. The summed E-state index contributed by atoms with van der Waals surface area (Å²) in [6.07, 6.45) is 3.42. The molecule has 0 aliphatic heterocycles. The predicted octanol–water partition coefficient (Wildman–Crippen LogP) is -0.682. The maximum absolute atomic E-state index is 12.8. The van der Waals surface area contributed by atoms with E-state index < -0.39 is 49.4 Å². The Bertz CT molecular complexity index is 1200. The number of aliphatic carboxylic acids is 3. The van der Waals surface area contributed by atoms with Crippen molar-refractivity contribution in [1.82, 2.24) is 34.9 Å². The van der Waals surface area contributed by atoms with Gasteiger partial charge in [0.1, 0.15) is 0 Å². The zero-order chi connectivity index (χ0) is 33.7. The number of carboxylic acids is 3. The van der Waals surface area contributed by atoms with Gasteiger partial charge in [0.15, 0.2) is 0 Å². The molecular weight excluding hydrogens is 602 g/mol. The molecule has 0 atom stereocenters. The Kier molecular flexibility index (Phi) is 17.4. The van der Waals surface area contributed by atoms with Gasteiger partial charge in [-0.1, -0.05) is 12.1 Å². The fourth-order valence-electron chi connectivity index (χ4n) is 4.49. The lowest BCUT2D eigenvalue weighted by Crippen LogP contribution is -2.47. The van der Waals surface area contributed by atoms with Crippen molar-refractivity contribution in [2.45, 2.75) is 20.0 Å². The first-order valence-corrected chi connectivity index (χ1v) is 14.8. The fraction of sp³-hybridized carbons (Fsp3) is 0.500. The van der Waals surface area contributed by atoms with Crippen LogP contribution in [-0.4, -0.2) is 153 Å². The van der Waals surface area contributed by atoms with Crippen molar-refractivity contribution in [3.63, 3.8) is 0 Å². The Morgan fingerprint density at radius 3 is 1.59 bits per heavy atom. The van der Waals surface area contributed by atoms with E-state index in [0.29, 0.717) is 19.6 Å². The maximum atomic E-state index is 12.8. The molecule has 0 fully saturated rings. The van der Waals surface area contributed by atoms with Crippen LogP contribution in [0.5, 0.6) is 0 Å². The van der Waals surface area contributed by atoms with Crippen LogP contribution in [-0.2, 0) is 41.8 Å². The molecule has 0 aliphatic carbocycles. The molecule has 252 valence electrons. The van der Waals surface area contributed by atoms with E-state index in [1.165, 1.54) is 14.7 Å². The molecule has 0 bridgehead atoms. The molecule has 0 saturated carbocycles. The number of nitrogens with one attached hydrogen (secondary N) is 1. The largest absolute Gasteiger partial charge is 0.480 e. The Labute approximate surface area is 267 Å². The molecule has 46 heavy (non-hydrogen) atoms. The van der Waals surface area contributed by atoms with Crippen LogP contribution in [0.15, 0.2) is 48.8 Å². The zero-order valence-corrected chi connectivity index (χ0v) is 26.0. The summed E-state index contributed by atoms with van der Waals surface area (Å²) in [5.41, 5.74) is 1.71. The van der Waals surface area contributed by atoms with Gasteiger partial charge < -0.3 is 25.4 Å². The molecule has 2 rings (SSSR count). The number of carboxylic acid groups (broad SMARTS) is 3. The van der Waals surface area contributed by atoms with Crippen molar-refractivity contribution in [3.8, 4) is 0 Å². The van der Waals surface area contributed by atoms with Crippen molar-refractivity contribution < 1.29 is 44.0 Å². The number of carbonyl (C=O) groups is 5. The summed E-state index contributed by atoms with van der Waals surface area (Å²) >= 11 is 0. The van der Waals surface area contributed by atoms with E-state index in [4.69, 9.17) is 4.74 Å². The van der Waals surface area contributed by atoms with Gasteiger partial charge >= 0.3 is 23.9 Å². The first kappa shape index (κ1) is 37.7. The average molecular weight is 646 g/mol. The van der Waals surface area contributed by atoms with Gasteiger partial charge in [-0.15, -0.1) is 0 Å². The van der Waals surface area contributed by atoms with Gasteiger partial charge in [0.2, 0.25) is 5.91 Å². The van der Waals surface area contributed by atoms with Gasteiger partial charge in [-0.25, -0.2) is 0 Å². The molecule has 0 aliphatic rings. The molecule has 16 nitrogen and oxygen atoms in total. The Balaban J connectivity index is 1.95. The second-order valence-electron chi connectivity index (χ2n) is 10.4. The van der Waals surface area contributed by atoms with Crippen molar-refractivity contribution in [2.75, 3.05) is 78.6 Å². The molecular formula is C30H43N7O9. The normalized spacial score (nSPS) is 11.2. The topological polar surface area (TPSA) is 206 Å². The van der Waals surface area contributed by atoms with Crippen LogP contribution in [0.4, 0.5) is 0 Å². The summed E-state index contributed by atoms with van der Waals surface area (Å²) in [7, 11) is 0. The van der Waals surface area contributed by atoms with Crippen LogP contribution in [0.3, 0.4) is 0 Å². The molecule has 2 aromatic heterocycles. The summed E-state index contributed by atoms with van der Waals surface area (Å²) in [6, 6.07) is 11.3. The fourth-order valence-corrected chi connectivity index (χ4v) is 4.49. The summed E-state index contributed by atoms with van der Waals surface area (Å²) in [5, 5.41) is 30.8. The smallest absolute Gasteiger partial charge is 0.320 e. The van der Waals surface area contributed by atoms with Crippen molar-refractivity contribution in [1.29, 1.82) is 0 Å². The Morgan fingerprint density at radius 1 is 0.652 bits per heavy atom. The summed E-state index contributed by atoms with van der Waals surface area (Å²) in [6.45, 7) is 2.00. The highest BCUT2D eigenvalue weighted by Crippen LogP contribution is 2.06. The predicted molar refractivity (Wildman–Crippen MR) is 164 cm³/mol. The molecule has 1 amide bonds.